The van der Waals surface area contributed by atoms with Crippen LogP contribution in [0.25, 0.3) is 0 Å². The van der Waals surface area contributed by atoms with Gasteiger partial charge in [-0.15, -0.1) is 0 Å². The lowest BCUT2D eigenvalue weighted by Crippen LogP contribution is -2.02. The summed E-state index contributed by atoms with van der Waals surface area (Å²) < 4.78 is 0. The highest BCUT2D eigenvalue weighted by atomic mass is 32.2. The second-order valence-electron chi connectivity index (χ2n) is 2.20. The second kappa shape index (κ2) is 3.13. The van der Waals surface area contributed by atoms with Crippen LogP contribution >= 0.6 is 10.9 Å². The van der Waals surface area contributed by atoms with E-state index in [2.05, 4.69) is 0 Å². The highest BCUT2D eigenvalue weighted by molar-refractivity contribution is 8.28. The zero-order valence-corrected chi connectivity index (χ0v) is 5.86. The van der Waals surface area contributed by atoms with Gasteiger partial charge >= 0.3 is 0 Å². The quantitative estimate of drug-likeness (QED) is 0.421. The Labute approximate surface area is 52.8 Å². The van der Waals surface area contributed by atoms with Crippen LogP contribution in [-0.2, 0) is 4.79 Å². The first kappa shape index (κ1) is 6.14. The molecule has 0 N–H and O–H groups in total. The average molecular weight is 132 g/mol. The topological polar surface area (TPSA) is 17.1 Å². The molecular formula is C6H12OS. The van der Waals surface area contributed by atoms with E-state index in [1.165, 1.54) is 36.4 Å². The van der Waals surface area contributed by atoms with Gasteiger partial charge in [-0.3, -0.25) is 4.79 Å². The normalized spacial score (nSPS) is 25.2. The molecule has 1 aliphatic rings. The Morgan fingerprint density at radius 2 is 1.75 bits per heavy atom. The van der Waals surface area contributed by atoms with Gasteiger partial charge in [0.05, 0.1) is 0 Å². The SMILES string of the molecule is O=C[SH]1CCCCC1. The molecule has 1 nitrogen and oxygen atoms in total. The summed E-state index contributed by atoms with van der Waals surface area (Å²) in [6.07, 6.45) is 3.95. The number of carbonyl (C=O) groups excluding carboxylic acids is 1. The molecule has 0 aromatic rings. The molecule has 0 unspecified atom stereocenters. The highest BCUT2D eigenvalue weighted by Crippen LogP contribution is 2.29. The van der Waals surface area contributed by atoms with Crippen LogP contribution in [-0.4, -0.2) is 17.1 Å². The van der Waals surface area contributed by atoms with Crippen molar-refractivity contribution in [1.29, 1.82) is 0 Å². The minimum absolute atomic E-state index is 0.150. The molecule has 1 saturated heterocycles. The standard InChI is InChI=1S/C6H12OS/c7-6-8-4-2-1-3-5-8/h6,8H,1-5H2. The molecule has 0 bridgehead atoms. The lowest BCUT2D eigenvalue weighted by molar-refractivity contribution is 0.569. The van der Waals surface area contributed by atoms with Crippen LogP contribution in [0.1, 0.15) is 19.3 Å². The van der Waals surface area contributed by atoms with Gasteiger partial charge in [0.2, 0.25) is 0 Å². The molecule has 0 amide bonds. The Hall–Kier alpha value is 0.0200. The molecule has 1 aliphatic heterocycles. The zero-order valence-electron chi connectivity index (χ0n) is 4.97. The van der Waals surface area contributed by atoms with Crippen molar-refractivity contribution < 1.29 is 4.79 Å². The summed E-state index contributed by atoms with van der Waals surface area (Å²) >= 11 is 0. The highest BCUT2D eigenvalue weighted by Gasteiger charge is 2.06. The lowest BCUT2D eigenvalue weighted by Gasteiger charge is -2.18. The molecule has 0 aromatic heterocycles. The van der Waals surface area contributed by atoms with E-state index in [-0.39, 0.29) is 10.9 Å². The summed E-state index contributed by atoms with van der Waals surface area (Å²) in [6.45, 7) is 0. The summed E-state index contributed by atoms with van der Waals surface area (Å²) in [6, 6.07) is 0. The monoisotopic (exact) mass is 132 g/mol. The molecule has 0 aromatic carbocycles. The molecule has 1 fully saturated rings. The third-order valence-corrected chi connectivity index (χ3v) is 3.62. The number of carbonyl (C=O) groups is 1. The summed E-state index contributed by atoms with van der Waals surface area (Å²) in [7, 11) is -0.150. The largest absolute Gasteiger partial charge is 0.293 e. The van der Waals surface area contributed by atoms with Crippen molar-refractivity contribution in [1.82, 2.24) is 0 Å². The van der Waals surface area contributed by atoms with Gasteiger partial charge in [-0.1, -0.05) is 6.42 Å². The Morgan fingerprint density at radius 3 is 2.12 bits per heavy atom. The van der Waals surface area contributed by atoms with Crippen molar-refractivity contribution in [2.24, 2.45) is 0 Å². The van der Waals surface area contributed by atoms with Crippen LogP contribution in [0.15, 0.2) is 0 Å². The smallest absolute Gasteiger partial charge is 0.156 e. The molecule has 1 heterocycles. The first-order valence-electron chi connectivity index (χ1n) is 3.13. The predicted octanol–water partition coefficient (Wildman–Crippen LogP) is 1.36. The van der Waals surface area contributed by atoms with Crippen molar-refractivity contribution in [3.8, 4) is 0 Å². The van der Waals surface area contributed by atoms with Gasteiger partial charge in [0.15, 0.2) is 5.62 Å². The molecule has 8 heavy (non-hydrogen) atoms. The van der Waals surface area contributed by atoms with Gasteiger partial charge in [-0.2, -0.15) is 10.9 Å². The fraction of sp³-hybridized carbons (Fsp3) is 0.833. The van der Waals surface area contributed by atoms with Crippen LogP contribution in [0.2, 0.25) is 0 Å². The Kier molecular flexibility index (Phi) is 2.40. The zero-order chi connectivity index (χ0) is 5.82. The third-order valence-electron chi connectivity index (χ3n) is 1.54. The van der Waals surface area contributed by atoms with Gasteiger partial charge < -0.3 is 0 Å². The average Bonchev–Trinajstić information content (AvgIpc) is 1.90. The van der Waals surface area contributed by atoms with Crippen LogP contribution < -0.4 is 0 Å². The lowest BCUT2D eigenvalue weighted by atomic mass is 10.3. The van der Waals surface area contributed by atoms with Gasteiger partial charge in [0.1, 0.15) is 0 Å². The van der Waals surface area contributed by atoms with E-state index in [0.29, 0.717) is 0 Å². The Morgan fingerprint density at radius 1 is 1.12 bits per heavy atom. The van der Waals surface area contributed by atoms with E-state index in [9.17, 15) is 4.79 Å². The third kappa shape index (κ3) is 1.51. The van der Waals surface area contributed by atoms with Crippen LogP contribution in [0.3, 0.4) is 0 Å². The Bertz CT molecular complexity index is 76.6. The summed E-state index contributed by atoms with van der Waals surface area (Å²) in [5.74, 6) is 2.41. The summed E-state index contributed by atoms with van der Waals surface area (Å²) in [5.41, 5.74) is 1.18. The van der Waals surface area contributed by atoms with Gasteiger partial charge in [0.25, 0.3) is 0 Å². The molecular weight excluding hydrogens is 120 g/mol. The minimum Gasteiger partial charge on any atom is -0.293 e. The number of hydrogen-bond donors (Lipinski definition) is 1. The molecule has 1 rings (SSSR count). The van der Waals surface area contributed by atoms with Crippen LogP contribution in [0.5, 0.6) is 0 Å². The summed E-state index contributed by atoms with van der Waals surface area (Å²) in [4.78, 5) is 10.2. The second-order valence-corrected chi connectivity index (χ2v) is 4.48. The maximum atomic E-state index is 10.2. The molecule has 0 atom stereocenters. The van der Waals surface area contributed by atoms with Crippen LogP contribution in [0.4, 0.5) is 0 Å². The van der Waals surface area contributed by atoms with Gasteiger partial charge in [0, 0.05) is 0 Å². The first-order valence-corrected chi connectivity index (χ1v) is 4.91. The maximum Gasteiger partial charge on any atom is 0.156 e. The number of hydrogen-bond acceptors (Lipinski definition) is 1. The van der Waals surface area contributed by atoms with E-state index < -0.39 is 0 Å². The number of rotatable bonds is 1. The van der Waals surface area contributed by atoms with Crippen LogP contribution in [0, 0.1) is 0 Å². The fourth-order valence-corrected chi connectivity index (χ4v) is 2.72. The minimum atomic E-state index is -0.150. The van der Waals surface area contributed by atoms with E-state index >= 15 is 0 Å². The van der Waals surface area contributed by atoms with Crippen molar-refractivity contribution in [2.75, 3.05) is 11.5 Å². The van der Waals surface area contributed by atoms with Crippen molar-refractivity contribution in [3.63, 3.8) is 0 Å². The van der Waals surface area contributed by atoms with Crippen molar-refractivity contribution in [2.45, 2.75) is 19.3 Å². The predicted molar refractivity (Wildman–Crippen MR) is 39.3 cm³/mol. The van der Waals surface area contributed by atoms with E-state index in [1.807, 2.05) is 0 Å². The molecule has 0 spiro atoms. The van der Waals surface area contributed by atoms with Gasteiger partial charge in [-0.25, -0.2) is 0 Å². The first-order chi connectivity index (χ1) is 3.93. The molecule has 0 aliphatic carbocycles. The van der Waals surface area contributed by atoms with Crippen molar-refractivity contribution >= 4 is 16.5 Å². The molecule has 0 radical (unpaired) electrons. The van der Waals surface area contributed by atoms with E-state index in [4.69, 9.17) is 0 Å². The fourth-order valence-electron chi connectivity index (χ4n) is 1.02. The molecule has 0 saturated carbocycles. The Balaban J connectivity index is 2.22. The van der Waals surface area contributed by atoms with Crippen molar-refractivity contribution in [3.05, 3.63) is 0 Å². The number of thiol groups is 1. The molecule has 48 valence electrons. The van der Waals surface area contributed by atoms with E-state index in [1.54, 1.807) is 0 Å². The summed E-state index contributed by atoms with van der Waals surface area (Å²) in [5, 5.41) is 0. The van der Waals surface area contributed by atoms with E-state index in [0.717, 1.165) is 0 Å². The molecule has 2 heteroatoms. The van der Waals surface area contributed by atoms with Gasteiger partial charge in [-0.05, 0) is 24.3 Å². The maximum absolute atomic E-state index is 10.2.